The van der Waals surface area contributed by atoms with Crippen molar-refractivity contribution in [1.29, 1.82) is 0 Å². The van der Waals surface area contributed by atoms with Gasteiger partial charge >= 0.3 is 0 Å². The van der Waals surface area contributed by atoms with Crippen LogP contribution in [0.25, 0.3) is 0 Å². The van der Waals surface area contributed by atoms with Gasteiger partial charge in [-0.15, -0.1) is 0 Å². The van der Waals surface area contributed by atoms with Crippen molar-refractivity contribution in [2.75, 3.05) is 27.7 Å². The molecule has 0 aromatic carbocycles. The predicted octanol–water partition coefficient (Wildman–Crippen LogP) is -2.14. The van der Waals surface area contributed by atoms with Crippen molar-refractivity contribution in [3.05, 3.63) is 0 Å². The van der Waals surface area contributed by atoms with Crippen LogP contribution in [0, 0.1) is 0 Å². The van der Waals surface area contributed by atoms with Crippen molar-refractivity contribution in [3.8, 4) is 0 Å². The van der Waals surface area contributed by atoms with Gasteiger partial charge in [0.25, 0.3) is 0 Å². The van der Waals surface area contributed by atoms with Crippen LogP contribution >= 0.6 is 0 Å². The van der Waals surface area contributed by atoms with E-state index in [1.165, 1.54) is 0 Å². The van der Waals surface area contributed by atoms with E-state index in [1.54, 1.807) is 0 Å². The molecule has 3 heteroatoms. The Morgan fingerprint density at radius 1 is 1.27 bits per heavy atom. The molecule has 0 saturated carbocycles. The van der Waals surface area contributed by atoms with Gasteiger partial charge in [0.1, 0.15) is 0 Å². The highest BCUT2D eigenvalue weighted by molar-refractivity contribution is 4.52. The van der Waals surface area contributed by atoms with Gasteiger partial charge < -0.3 is 22.0 Å². The highest BCUT2D eigenvalue weighted by Gasteiger charge is 2.20. The quantitative estimate of drug-likeness (QED) is 0.491. The number of nitrogens with zero attached hydrogens (tertiary/aromatic N) is 1. The van der Waals surface area contributed by atoms with E-state index in [9.17, 15) is 0 Å². The van der Waals surface area contributed by atoms with Crippen LogP contribution in [0.15, 0.2) is 0 Å². The van der Waals surface area contributed by atoms with Gasteiger partial charge in [0.05, 0.1) is 27.2 Å². The summed E-state index contributed by atoms with van der Waals surface area (Å²) in [4.78, 5) is 0. The molecule has 0 saturated heterocycles. The summed E-state index contributed by atoms with van der Waals surface area (Å²) in [5.74, 6) is 0. The van der Waals surface area contributed by atoms with E-state index in [0.717, 1.165) is 17.3 Å². The average Bonchev–Trinajstić information content (AvgIpc) is 1.80. The molecule has 0 aromatic heterocycles. The topological polar surface area (TPSA) is 20.2 Å². The molecule has 1 atom stereocenters. The first kappa shape index (κ1) is 13.8. The Morgan fingerprint density at radius 3 is 1.82 bits per heavy atom. The van der Waals surface area contributed by atoms with Crippen molar-refractivity contribution in [2.45, 2.75) is 25.8 Å². The van der Waals surface area contributed by atoms with Gasteiger partial charge in [-0.1, -0.05) is 6.92 Å². The summed E-state index contributed by atoms with van der Waals surface area (Å²) in [5.41, 5.74) is 0. The van der Waals surface area contributed by atoms with Crippen LogP contribution < -0.4 is 12.4 Å². The molecule has 0 amide bonds. The molecule has 0 aliphatic carbocycles. The van der Waals surface area contributed by atoms with E-state index < -0.39 is 0 Å². The number of aliphatic hydroxyl groups is 1. The second-order valence-electron chi connectivity index (χ2n) is 3.69. The smallest absolute Gasteiger partial charge is 0.0903 e. The minimum absolute atomic E-state index is 0. The first-order valence-corrected chi connectivity index (χ1v) is 3.94. The van der Waals surface area contributed by atoms with E-state index in [4.69, 9.17) is 5.11 Å². The molecule has 0 heterocycles. The lowest BCUT2D eigenvalue weighted by molar-refractivity contribution is -0.896. The first-order chi connectivity index (χ1) is 4.52. The number of hydrogen-bond donors (Lipinski definition) is 1. The van der Waals surface area contributed by atoms with Gasteiger partial charge in [0, 0.05) is 13.0 Å². The highest BCUT2D eigenvalue weighted by atomic mass is 35.5. The van der Waals surface area contributed by atoms with Crippen LogP contribution in [-0.2, 0) is 0 Å². The molecule has 11 heavy (non-hydrogen) atoms. The van der Waals surface area contributed by atoms with Gasteiger partial charge in [-0.2, -0.15) is 0 Å². The number of rotatable bonds is 4. The number of halogens is 1. The van der Waals surface area contributed by atoms with E-state index in [0.29, 0.717) is 12.6 Å². The molecule has 0 bridgehead atoms. The Morgan fingerprint density at radius 2 is 1.73 bits per heavy atom. The maximum atomic E-state index is 8.72. The van der Waals surface area contributed by atoms with Crippen molar-refractivity contribution in [2.24, 2.45) is 0 Å². The van der Waals surface area contributed by atoms with Crippen LogP contribution in [0.2, 0.25) is 0 Å². The lowest BCUT2D eigenvalue weighted by atomic mass is 10.1. The lowest BCUT2D eigenvalue weighted by Gasteiger charge is -2.33. The first-order valence-electron chi connectivity index (χ1n) is 3.94. The molecule has 0 spiro atoms. The fourth-order valence-electron chi connectivity index (χ4n) is 1.29. The summed E-state index contributed by atoms with van der Waals surface area (Å²) in [5, 5.41) is 8.72. The van der Waals surface area contributed by atoms with Crippen molar-refractivity contribution in [1.82, 2.24) is 0 Å². The molecular weight excluding hydrogens is 162 g/mol. The molecule has 0 fully saturated rings. The van der Waals surface area contributed by atoms with Gasteiger partial charge in [-0.05, 0) is 6.42 Å². The normalized spacial score (nSPS) is 13.9. The standard InChI is InChI=1S/C8H20NO.ClH/c1-5-8(6-7-10)9(2,3)4;/h8,10H,5-7H2,1-4H3;1H/q+1;/p-1. The molecule has 0 aromatic rings. The second-order valence-corrected chi connectivity index (χ2v) is 3.69. The second kappa shape index (κ2) is 5.81. The summed E-state index contributed by atoms with van der Waals surface area (Å²) in [6.45, 7) is 2.48. The Balaban J connectivity index is 0. The molecular formula is C8H20ClNO. The zero-order chi connectivity index (χ0) is 8.20. The molecule has 0 rings (SSSR count). The Kier molecular flexibility index (Phi) is 7.28. The molecule has 0 aliphatic rings. The summed E-state index contributed by atoms with van der Waals surface area (Å²) in [6, 6.07) is 0.602. The average molecular weight is 182 g/mol. The van der Waals surface area contributed by atoms with Crippen LogP contribution in [0.4, 0.5) is 0 Å². The molecule has 1 N–H and O–H groups in total. The van der Waals surface area contributed by atoms with Gasteiger partial charge in [-0.3, -0.25) is 0 Å². The van der Waals surface area contributed by atoms with Crippen molar-refractivity contribution in [3.63, 3.8) is 0 Å². The maximum absolute atomic E-state index is 8.72. The maximum Gasteiger partial charge on any atom is 0.0903 e. The molecule has 0 radical (unpaired) electrons. The van der Waals surface area contributed by atoms with Crippen LogP contribution in [0.1, 0.15) is 19.8 Å². The Labute approximate surface area is 76.2 Å². The SMILES string of the molecule is CCC(CCO)[N+](C)(C)C.[Cl-]. The predicted molar refractivity (Wildman–Crippen MR) is 43.8 cm³/mol. The number of quaternary nitrogens is 1. The van der Waals surface area contributed by atoms with Crippen LogP contribution in [-0.4, -0.2) is 43.4 Å². The summed E-state index contributed by atoms with van der Waals surface area (Å²) >= 11 is 0. The third kappa shape index (κ3) is 5.48. The fraction of sp³-hybridized carbons (Fsp3) is 1.00. The van der Waals surface area contributed by atoms with Crippen LogP contribution in [0.5, 0.6) is 0 Å². The lowest BCUT2D eigenvalue weighted by Crippen LogP contribution is -3.00. The highest BCUT2D eigenvalue weighted by Crippen LogP contribution is 2.10. The van der Waals surface area contributed by atoms with Crippen molar-refractivity contribution >= 4 is 0 Å². The fourth-order valence-corrected chi connectivity index (χ4v) is 1.29. The zero-order valence-electron chi connectivity index (χ0n) is 7.97. The number of aliphatic hydroxyl groups excluding tert-OH is 1. The van der Waals surface area contributed by atoms with E-state index >= 15 is 0 Å². The third-order valence-corrected chi connectivity index (χ3v) is 2.03. The summed E-state index contributed by atoms with van der Waals surface area (Å²) < 4.78 is 0.955. The Hall–Kier alpha value is 0.210. The monoisotopic (exact) mass is 181 g/mol. The van der Waals surface area contributed by atoms with E-state index in [2.05, 4.69) is 28.1 Å². The number of hydrogen-bond acceptors (Lipinski definition) is 1. The van der Waals surface area contributed by atoms with Gasteiger partial charge in [0.2, 0.25) is 0 Å². The zero-order valence-corrected chi connectivity index (χ0v) is 8.73. The summed E-state index contributed by atoms with van der Waals surface area (Å²) in [6.07, 6.45) is 2.06. The van der Waals surface area contributed by atoms with E-state index in [-0.39, 0.29) is 12.4 Å². The summed E-state index contributed by atoms with van der Waals surface area (Å²) in [7, 11) is 6.51. The Bertz CT molecular complexity index is 90.6. The third-order valence-electron chi connectivity index (χ3n) is 2.03. The minimum Gasteiger partial charge on any atom is -1.00 e. The molecule has 2 nitrogen and oxygen atoms in total. The van der Waals surface area contributed by atoms with Crippen molar-refractivity contribution < 1.29 is 22.0 Å². The molecule has 0 aliphatic heterocycles. The minimum atomic E-state index is 0. The largest absolute Gasteiger partial charge is 1.00 e. The molecule has 1 unspecified atom stereocenters. The molecule has 70 valence electrons. The van der Waals surface area contributed by atoms with Gasteiger partial charge in [-0.25, -0.2) is 0 Å². The van der Waals surface area contributed by atoms with E-state index in [1.807, 2.05) is 0 Å². The van der Waals surface area contributed by atoms with Gasteiger partial charge in [0.15, 0.2) is 0 Å². The van der Waals surface area contributed by atoms with Crippen LogP contribution in [0.3, 0.4) is 0 Å².